The Morgan fingerprint density at radius 2 is 2.15 bits per heavy atom. The van der Waals surface area contributed by atoms with Gasteiger partial charge in [0.2, 0.25) is 5.76 Å². The third-order valence-corrected chi connectivity index (χ3v) is 1.99. The molecule has 4 nitrogen and oxygen atoms in total. The molecule has 13 heavy (non-hydrogen) atoms. The number of hydrogen-bond acceptors (Lipinski definition) is 4. The smallest absolute Gasteiger partial charge is 0.204 e. The summed E-state index contributed by atoms with van der Waals surface area (Å²) >= 11 is 0. The van der Waals surface area contributed by atoms with E-state index in [-0.39, 0.29) is 0 Å². The highest BCUT2D eigenvalue weighted by molar-refractivity contribution is 5.59. The minimum absolute atomic E-state index is 0.675. The highest BCUT2D eigenvalue weighted by Crippen LogP contribution is 2.16. The van der Waals surface area contributed by atoms with E-state index < -0.39 is 0 Å². The molecule has 3 rings (SSSR count). The Hall–Kier alpha value is -1.81. The zero-order chi connectivity index (χ0) is 8.67. The van der Waals surface area contributed by atoms with Crippen LogP contribution in [0.3, 0.4) is 0 Å². The van der Waals surface area contributed by atoms with Crippen LogP contribution in [-0.2, 0) is 9.88 Å². The fourth-order valence-corrected chi connectivity index (χ4v) is 1.41. The number of hydroxylamine groups is 1. The molecule has 0 spiro atoms. The van der Waals surface area contributed by atoms with E-state index in [0.717, 1.165) is 16.3 Å². The van der Waals surface area contributed by atoms with E-state index in [1.807, 2.05) is 24.3 Å². The lowest BCUT2D eigenvalue weighted by Crippen LogP contribution is -2.24. The Labute approximate surface area is 73.7 Å². The number of para-hydroxylation sites is 1. The topological polar surface area (TPSA) is 42.9 Å². The minimum atomic E-state index is 0.675. The fraction of sp³-hybridized carbons (Fsp3) is 0. The first-order chi connectivity index (χ1) is 6.45. The van der Waals surface area contributed by atoms with Crippen LogP contribution >= 0.6 is 0 Å². The average Bonchev–Trinajstić information content (AvgIpc) is 2.56. The van der Waals surface area contributed by atoms with Crippen molar-refractivity contribution in [3.8, 4) is 0 Å². The number of nitrogens with one attached hydrogen (secondary N) is 1. The van der Waals surface area contributed by atoms with E-state index in [4.69, 9.17) is 4.89 Å². The lowest BCUT2D eigenvalue weighted by molar-refractivity contribution is -0.278. The van der Waals surface area contributed by atoms with E-state index in [2.05, 4.69) is 15.5 Å². The van der Waals surface area contributed by atoms with Crippen LogP contribution in [0.15, 0.2) is 41.2 Å². The molecule has 2 aliphatic heterocycles. The van der Waals surface area contributed by atoms with E-state index in [0.29, 0.717) is 5.76 Å². The van der Waals surface area contributed by atoms with Gasteiger partial charge >= 0.3 is 0 Å². The van der Waals surface area contributed by atoms with Crippen molar-refractivity contribution < 1.29 is 9.88 Å². The van der Waals surface area contributed by atoms with Crippen molar-refractivity contribution in [3.05, 3.63) is 46.7 Å². The quantitative estimate of drug-likeness (QED) is 0.551. The van der Waals surface area contributed by atoms with Crippen LogP contribution in [0.4, 0.5) is 0 Å². The van der Waals surface area contributed by atoms with Crippen molar-refractivity contribution in [2.75, 3.05) is 0 Å². The third-order valence-electron chi connectivity index (χ3n) is 1.99. The Bertz CT molecular complexity index is 505. The molecule has 1 aromatic carbocycles. The summed E-state index contributed by atoms with van der Waals surface area (Å²) in [5.41, 5.74) is 3.26. The lowest BCUT2D eigenvalue weighted by atomic mass is 10.2. The van der Waals surface area contributed by atoms with Crippen LogP contribution in [0.2, 0.25) is 0 Å². The van der Waals surface area contributed by atoms with Gasteiger partial charge in [-0.1, -0.05) is 17.1 Å². The van der Waals surface area contributed by atoms with E-state index >= 15 is 0 Å². The van der Waals surface area contributed by atoms with Crippen molar-refractivity contribution in [1.82, 2.24) is 5.48 Å². The standard InChI is InChI=1S/C9H6N2O2/c1-2-4-7-6(3-1)9-8(11-7)5-10-13-12-9/h1-5,10H. The number of nitrogens with zero attached hydrogens (tertiary/aromatic N) is 1. The van der Waals surface area contributed by atoms with Crippen LogP contribution in [0, 0.1) is 0 Å². The SMILES string of the molecule is C1=C2N=c3ccccc3=C2OON1. The molecule has 2 aliphatic rings. The minimum Gasteiger partial charge on any atom is -0.311 e. The zero-order valence-electron chi connectivity index (χ0n) is 6.65. The second-order valence-corrected chi connectivity index (χ2v) is 2.77. The molecule has 0 aromatic heterocycles. The first-order valence-corrected chi connectivity index (χ1v) is 3.93. The summed E-state index contributed by atoms with van der Waals surface area (Å²) in [5.74, 6) is 0.675. The normalized spacial score (nSPS) is 17.5. The second kappa shape index (κ2) is 2.34. The summed E-state index contributed by atoms with van der Waals surface area (Å²) in [4.78, 5) is 13.9. The molecule has 64 valence electrons. The van der Waals surface area contributed by atoms with Gasteiger partial charge in [0, 0.05) is 5.22 Å². The third kappa shape index (κ3) is 0.860. The van der Waals surface area contributed by atoms with Gasteiger partial charge in [-0.2, -0.15) is 0 Å². The van der Waals surface area contributed by atoms with Crippen LogP contribution < -0.4 is 16.1 Å². The van der Waals surface area contributed by atoms with Crippen molar-refractivity contribution in [2.24, 2.45) is 4.99 Å². The molecule has 0 unspecified atom stereocenters. The lowest BCUT2D eigenvalue weighted by Gasteiger charge is -2.10. The van der Waals surface area contributed by atoms with Crippen molar-refractivity contribution in [1.29, 1.82) is 0 Å². The molecule has 0 saturated carbocycles. The second-order valence-electron chi connectivity index (χ2n) is 2.77. The molecule has 2 heterocycles. The molecule has 0 atom stereocenters. The van der Waals surface area contributed by atoms with E-state index in [1.54, 1.807) is 6.20 Å². The molecule has 0 saturated heterocycles. The first kappa shape index (κ1) is 6.68. The fourth-order valence-electron chi connectivity index (χ4n) is 1.41. The maximum Gasteiger partial charge on any atom is 0.204 e. The highest BCUT2D eigenvalue weighted by Gasteiger charge is 2.18. The van der Waals surface area contributed by atoms with Crippen LogP contribution in [0.25, 0.3) is 5.76 Å². The van der Waals surface area contributed by atoms with Gasteiger partial charge in [-0.3, -0.25) is 0 Å². The van der Waals surface area contributed by atoms with Crippen LogP contribution in [-0.4, -0.2) is 0 Å². The van der Waals surface area contributed by atoms with E-state index in [9.17, 15) is 0 Å². The molecule has 0 aliphatic carbocycles. The molecule has 4 heteroatoms. The molecule has 0 amide bonds. The number of fused-ring (bicyclic) bond motifs is 2. The van der Waals surface area contributed by atoms with Crippen molar-refractivity contribution >= 4 is 5.76 Å². The number of rotatable bonds is 0. The highest BCUT2D eigenvalue weighted by atomic mass is 17.3. The maximum atomic E-state index is 4.97. The first-order valence-electron chi connectivity index (χ1n) is 3.93. The van der Waals surface area contributed by atoms with E-state index in [1.165, 1.54) is 0 Å². The summed E-state index contributed by atoms with van der Waals surface area (Å²) < 4.78 is 0. The maximum absolute atomic E-state index is 4.97. The predicted octanol–water partition coefficient (Wildman–Crippen LogP) is -0.264. The van der Waals surface area contributed by atoms with Gasteiger partial charge in [-0.15, -0.1) is 0 Å². The Balaban J connectivity index is 2.43. The zero-order valence-corrected chi connectivity index (χ0v) is 6.65. The van der Waals surface area contributed by atoms with Gasteiger partial charge in [0.15, 0.2) is 0 Å². The summed E-state index contributed by atoms with van der Waals surface area (Å²) in [6, 6.07) is 7.76. The predicted molar refractivity (Wildman–Crippen MR) is 44.0 cm³/mol. The molecular weight excluding hydrogens is 168 g/mol. The van der Waals surface area contributed by atoms with Crippen LogP contribution in [0.5, 0.6) is 0 Å². The van der Waals surface area contributed by atoms with Gasteiger partial charge in [-0.05, 0) is 12.1 Å². The van der Waals surface area contributed by atoms with Crippen LogP contribution in [0.1, 0.15) is 0 Å². The van der Waals surface area contributed by atoms with Gasteiger partial charge in [0.25, 0.3) is 0 Å². The largest absolute Gasteiger partial charge is 0.311 e. The summed E-state index contributed by atoms with van der Waals surface area (Å²) in [6.07, 6.45) is 1.67. The summed E-state index contributed by atoms with van der Waals surface area (Å²) in [7, 11) is 0. The summed E-state index contributed by atoms with van der Waals surface area (Å²) in [5, 5.41) is 1.88. The van der Waals surface area contributed by atoms with Crippen molar-refractivity contribution in [3.63, 3.8) is 0 Å². The van der Waals surface area contributed by atoms with Gasteiger partial charge in [0.05, 0.1) is 11.6 Å². The molecule has 1 aromatic rings. The Morgan fingerprint density at radius 3 is 3.15 bits per heavy atom. The Kier molecular flexibility index (Phi) is 1.20. The van der Waals surface area contributed by atoms with Gasteiger partial charge in [0.1, 0.15) is 5.70 Å². The molecule has 0 bridgehead atoms. The molecule has 0 fully saturated rings. The van der Waals surface area contributed by atoms with Gasteiger partial charge < -0.3 is 4.89 Å². The molecule has 0 radical (unpaired) electrons. The number of hydrogen-bond donors (Lipinski definition) is 1. The van der Waals surface area contributed by atoms with Gasteiger partial charge in [-0.25, -0.2) is 10.5 Å². The van der Waals surface area contributed by atoms with Crippen molar-refractivity contribution in [2.45, 2.75) is 0 Å². The molecular formula is C9H6N2O2. The molecule has 1 N–H and O–H groups in total. The summed E-state index contributed by atoms with van der Waals surface area (Å²) in [6.45, 7) is 0. The Morgan fingerprint density at radius 1 is 1.23 bits per heavy atom. The monoisotopic (exact) mass is 174 g/mol. The average molecular weight is 174 g/mol. The number of benzene rings is 1.